The van der Waals surface area contributed by atoms with Crippen LogP contribution >= 0.6 is 39.3 Å². The fourth-order valence-electron chi connectivity index (χ4n) is 3.73. The Hall–Kier alpha value is -3.34. The number of aryl methyl sites for hydroxylation is 2. The second kappa shape index (κ2) is 12.2. The van der Waals surface area contributed by atoms with Gasteiger partial charge in [-0.05, 0) is 101 Å². The van der Waals surface area contributed by atoms with Crippen LogP contribution in [0.15, 0.2) is 57.9 Å². The number of carbonyl (C=O) groups excluding carboxylic acids is 3. The number of ether oxygens (including phenoxy) is 2. The summed E-state index contributed by atoms with van der Waals surface area (Å²) in [6.07, 6.45) is 1.53. The second-order valence-electron chi connectivity index (χ2n) is 8.63. The first-order valence-corrected chi connectivity index (χ1v) is 13.6. The van der Waals surface area contributed by atoms with Gasteiger partial charge in [-0.15, -0.1) is 0 Å². The number of methoxy groups -OCH3 is 1. The van der Waals surface area contributed by atoms with Gasteiger partial charge in [0.1, 0.15) is 5.82 Å². The van der Waals surface area contributed by atoms with Crippen LogP contribution in [-0.4, -0.2) is 35.7 Å². The van der Waals surface area contributed by atoms with Crippen LogP contribution in [0.1, 0.15) is 22.3 Å². The molecule has 0 bridgehead atoms. The fraction of sp³-hybridized carbons (Fsp3) is 0.179. The third-order valence-corrected chi connectivity index (χ3v) is 7.87. The number of hydrogen-bond acceptors (Lipinski definition) is 6. The van der Waals surface area contributed by atoms with Gasteiger partial charge in [0, 0.05) is 15.1 Å². The lowest BCUT2D eigenvalue weighted by atomic mass is 10.1. The van der Waals surface area contributed by atoms with E-state index in [0.29, 0.717) is 22.7 Å². The molecule has 202 valence electrons. The predicted octanol–water partition coefficient (Wildman–Crippen LogP) is 7.12. The van der Waals surface area contributed by atoms with Crippen molar-refractivity contribution in [1.82, 2.24) is 4.90 Å². The summed E-state index contributed by atoms with van der Waals surface area (Å²) in [6.45, 7) is 3.41. The van der Waals surface area contributed by atoms with Crippen molar-refractivity contribution in [2.24, 2.45) is 0 Å². The molecule has 11 heteroatoms. The summed E-state index contributed by atoms with van der Waals surface area (Å²) < 4.78 is 26.0. The van der Waals surface area contributed by atoms with Crippen molar-refractivity contribution in [3.8, 4) is 11.5 Å². The molecule has 1 N–H and O–H groups in total. The van der Waals surface area contributed by atoms with E-state index in [9.17, 15) is 18.8 Å². The number of carbonyl (C=O) groups is 3. The van der Waals surface area contributed by atoms with E-state index in [1.807, 2.05) is 26.0 Å². The first kappa shape index (κ1) is 28.7. The first-order chi connectivity index (χ1) is 18.6. The van der Waals surface area contributed by atoms with E-state index in [0.717, 1.165) is 32.3 Å². The summed E-state index contributed by atoms with van der Waals surface area (Å²) in [7, 11) is 1.45. The summed E-state index contributed by atoms with van der Waals surface area (Å²) >= 11 is 10.3. The van der Waals surface area contributed by atoms with Gasteiger partial charge in [-0.1, -0.05) is 23.7 Å². The molecule has 1 fully saturated rings. The van der Waals surface area contributed by atoms with Crippen molar-refractivity contribution < 1.29 is 28.2 Å². The molecule has 3 aromatic carbocycles. The standard InChI is InChI=1S/C28H23BrClFN2O5S/c1-15-9-19(29)22(10-16(15)2)32-26(34)14-38-23-8-7-17(11-24(23)37-3)12-25-27(35)33(28(36)39-25)13-18-20(30)5-4-6-21(18)31/h4-12H,13-14H2,1-3H3,(H,32,34)/b25-12+. The summed E-state index contributed by atoms with van der Waals surface area (Å²) in [4.78, 5) is 39.0. The van der Waals surface area contributed by atoms with Gasteiger partial charge in [-0.25, -0.2) is 4.39 Å². The maximum atomic E-state index is 14.2. The highest BCUT2D eigenvalue weighted by atomic mass is 79.9. The second-order valence-corrected chi connectivity index (χ2v) is 10.9. The quantitative estimate of drug-likeness (QED) is 0.266. The molecule has 0 spiro atoms. The van der Waals surface area contributed by atoms with E-state index in [1.54, 1.807) is 18.2 Å². The lowest BCUT2D eigenvalue weighted by Crippen LogP contribution is -2.28. The molecule has 0 aromatic heterocycles. The molecular weight excluding hydrogens is 611 g/mol. The third-order valence-electron chi connectivity index (χ3n) is 5.95. The Labute approximate surface area is 242 Å². The minimum atomic E-state index is -0.596. The number of imide groups is 1. The van der Waals surface area contributed by atoms with Gasteiger partial charge >= 0.3 is 0 Å². The van der Waals surface area contributed by atoms with Gasteiger partial charge < -0.3 is 14.8 Å². The number of amides is 3. The molecule has 0 saturated carbocycles. The van der Waals surface area contributed by atoms with Crippen LogP contribution in [0.3, 0.4) is 0 Å². The molecule has 1 heterocycles. The average molecular weight is 634 g/mol. The smallest absolute Gasteiger partial charge is 0.293 e. The molecule has 1 aliphatic heterocycles. The first-order valence-electron chi connectivity index (χ1n) is 11.6. The zero-order chi connectivity index (χ0) is 28.3. The topological polar surface area (TPSA) is 84.9 Å². The van der Waals surface area contributed by atoms with Crippen LogP contribution in [-0.2, 0) is 16.1 Å². The summed E-state index contributed by atoms with van der Waals surface area (Å²) in [5, 5.41) is 2.42. The van der Waals surface area contributed by atoms with Crippen LogP contribution in [0.5, 0.6) is 11.5 Å². The molecule has 3 aromatic rings. The number of anilines is 1. The van der Waals surface area contributed by atoms with Crippen molar-refractivity contribution in [3.05, 3.63) is 91.0 Å². The maximum absolute atomic E-state index is 14.2. The molecule has 3 amide bonds. The molecule has 7 nitrogen and oxygen atoms in total. The number of nitrogens with one attached hydrogen (secondary N) is 1. The molecule has 1 aliphatic rings. The SMILES string of the molecule is COc1cc(/C=C2/SC(=O)N(Cc3c(F)cccc3Cl)C2=O)ccc1OCC(=O)Nc1cc(C)c(C)cc1Br. The van der Waals surface area contributed by atoms with Crippen molar-refractivity contribution in [2.45, 2.75) is 20.4 Å². The molecule has 0 unspecified atom stereocenters. The number of benzene rings is 3. The van der Waals surface area contributed by atoms with Crippen LogP contribution in [0.2, 0.25) is 5.02 Å². The van der Waals surface area contributed by atoms with Crippen molar-refractivity contribution in [1.29, 1.82) is 0 Å². The summed E-state index contributed by atoms with van der Waals surface area (Å²) in [6, 6.07) is 12.9. The van der Waals surface area contributed by atoms with Gasteiger partial charge in [-0.2, -0.15) is 0 Å². The molecule has 0 atom stereocenters. The van der Waals surface area contributed by atoms with E-state index in [4.69, 9.17) is 21.1 Å². The summed E-state index contributed by atoms with van der Waals surface area (Å²) in [5.74, 6) is -0.847. The largest absolute Gasteiger partial charge is 0.493 e. The van der Waals surface area contributed by atoms with E-state index in [1.165, 1.54) is 31.4 Å². The monoisotopic (exact) mass is 632 g/mol. The van der Waals surface area contributed by atoms with Crippen LogP contribution in [0.25, 0.3) is 6.08 Å². The predicted molar refractivity (Wildman–Crippen MR) is 154 cm³/mol. The summed E-state index contributed by atoms with van der Waals surface area (Å²) in [5.41, 5.74) is 3.41. The lowest BCUT2D eigenvalue weighted by Gasteiger charge is -2.14. The van der Waals surface area contributed by atoms with Crippen LogP contribution in [0.4, 0.5) is 14.9 Å². The minimum absolute atomic E-state index is 0.0693. The van der Waals surface area contributed by atoms with E-state index >= 15 is 0 Å². The van der Waals surface area contributed by atoms with Gasteiger partial charge in [0.25, 0.3) is 17.1 Å². The Bertz CT molecular complexity index is 1490. The van der Waals surface area contributed by atoms with Crippen molar-refractivity contribution >= 4 is 68.1 Å². The molecule has 1 saturated heterocycles. The highest BCUT2D eigenvalue weighted by Gasteiger charge is 2.36. The minimum Gasteiger partial charge on any atom is -0.493 e. The third kappa shape index (κ3) is 6.63. The number of rotatable bonds is 8. The van der Waals surface area contributed by atoms with Gasteiger partial charge in [0.15, 0.2) is 18.1 Å². The fourth-order valence-corrected chi connectivity index (χ4v) is 5.35. The number of thioether (sulfide) groups is 1. The molecule has 39 heavy (non-hydrogen) atoms. The lowest BCUT2D eigenvalue weighted by molar-refractivity contribution is -0.123. The number of halogens is 3. The Kier molecular flexibility index (Phi) is 8.99. The molecule has 0 aliphatic carbocycles. The van der Waals surface area contributed by atoms with E-state index in [-0.39, 0.29) is 34.6 Å². The Morgan fingerprint density at radius 2 is 1.87 bits per heavy atom. The molecular formula is C28H23BrClFN2O5S. The molecule has 0 radical (unpaired) electrons. The number of hydrogen-bond donors (Lipinski definition) is 1. The Balaban J connectivity index is 1.44. The maximum Gasteiger partial charge on any atom is 0.293 e. The number of nitrogens with zero attached hydrogens (tertiary/aromatic N) is 1. The zero-order valence-corrected chi connectivity index (χ0v) is 24.3. The van der Waals surface area contributed by atoms with E-state index < -0.39 is 17.0 Å². The van der Waals surface area contributed by atoms with Gasteiger partial charge in [0.05, 0.1) is 24.2 Å². The van der Waals surface area contributed by atoms with Crippen molar-refractivity contribution in [2.75, 3.05) is 19.0 Å². The Morgan fingerprint density at radius 1 is 1.13 bits per heavy atom. The average Bonchev–Trinajstić information content (AvgIpc) is 3.15. The molecule has 4 rings (SSSR count). The Morgan fingerprint density at radius 3 is 2.59 bits per heavy atom. The van der Waals surface area contributed by atoms with Gasteiger partial charge in [-0.3, -0.25) is 19.3 Å². The highest BCUT2D eigenvalue weighted by molar-refractivity contribution is 9.10. The van der Waals surface area contributed by atoms with E-state index in [2.05, 4.69) is 21.2 Å². The van der Waals surface area contributed by atoms with Gasteiger partial charge in [0.2, 0.25) is 0 Å². The van der Waals surface area contributed by atoms with Crippen molar-refractivity contribution in [3.63, 3.8) is 0 Å². The normalized spacial score (nSPS) is 14.2. The van der Waals surface area contributed by atoms with Crippen LogP contribution < -0.4 is 14.8 Å². The zero-order valence-electron chi connectivity index (χ0n) is 21.1. The van der Waals surface area contributed by atoms with Crippen LogP contribution in [0, 0.1) is 19.7 Å². The highest BCUT2D eigenvalue weighted by Crippen LogP contribution is 2.36.